The zero-order valence-corrected chi connectivity index (χ0v) is 13.7. The van der Waals surface area contributed by atoms with Crippen LogP contribution in [0.4, 0.5) is 0 Å². The van der Waals surface area contributed by atoms with E-state index >= 15 is 0 Å². The van der Waals surface area contributed by atoms with E-state index in [-0.39, 0.29) is 24.7 Å². The van der Waals surface area contributed by atoms with Crippen molar-refractivity contribution in [2.24, 2.45) is 5.92 Å². The van der Waals surface area contributed by atoms with Crippen LogP contribution in [0.25, 0.3) is 0 Å². The summed E-state index contributed by atoms with van der Waals surface area (Å²) in [7, 11) is 0. The molecule has 0 spiro atoms. The molecule has 2 amide bonds. The minimum absolute atomic E-state index is 0.0894. The monoisotopic (exact) mass is 319 g/mol. The van der Waals surface area contributed by atoms with Crippen molar-refractivity contribution in [2.75, 3.05) is 0 Å². The van der Waals surface area contributed by atoms with Gasteiger partial charge in [0.25, 0.3) is 0 Å². The molecule has 1 aromatic rings. The first-order valence-electron chi connectivity index (χ1n) is 7.61. The standard InChI is InChI=1S/C17H24N2O4/c1-11(2)9-15(17(22)23)19-16(21)14(18-12(3)20)10-13-7-5-4-6-8-13/h4-8,11,14-15H,9-10H2,1-3H3,(H,18,20)(H,19,21)(H,22,23)/p-1/t14-,15-/m1/s1. The highest BCUT2D eigenvalue weighted by Crippen LogP contribution is 2.07. The molecule has 1 aromatic carbocycles. The number of carboxylic acid groups (broad SMARTS) is 1. The van der Waals surface area contributed by atoms with E-state index in [1.54, 1.807) is 0 Å². The highest BCUT2D eigenvalue weighted by atomic mass is 16.4. The topological polar surface area (TPSA) is 98.3 Å². The molecule has 2 atom stereocenters. The van der Waals surface area contributed by atoms with Crippen LogP contribution < -0.4 is 15.7 Å². The molecule has 2 N–H and O–H groups in total. The predicted molar refractivity (Wildman–Crippen MR) is 84.1 cm³/mol. The summed E-state index contributed by atoms with van der Waals surface area (Å²) < 4.78 is 0. The normalized spacial score (nSPS) is 13.2. The third kappa shape index (κ3) is 6.95. The number of hydrogen-bond acceptors (Lipinski definition) is 4. The van der Waals surface area contributed by atoms with E-state index in [1.165, 1.54) is 6.92 Å². The molecule has 6 nitrogen and oxygen atoms in total. The molecule has 0 unspecified atom stereocenters. The second-order valence-corrected chi connectivity index (χ2v) is 5.95. The van der Waals surface area contributed by atoms with Crippen LogP contribution in [0, 0.1) is 5.92 Å². The van der Waals surface area contributed by atoms with Gasteiger partial charge in [0.15, 0.2) is 0 Å². The Kier molecular flexibility index (Phi) is 7.25. The molecule has 126 valence electrons. The van der Waals surface area contributed by atoms with Gasteiger partial charge in [0.05, 0.1) is 12.0 Å². The summed E-state index contributed by atoms with van der Waals surface area (Å²) in [6, 6.07) is 7.30. The summed E-state index contributed by atoms with van der Waals surface area (Å²) in [4.78, 5) is 34.8. The molecule has 0 saturated carbocycles. The van der Waals surface area contributed by atoms with Gasteiger partial charge in [0.1, 0.15) is 6.04 Å². The Morgan fingerprint density at radius 3 is 2.13 bits per heavy atom. The van der Waals surface area contributed by atoms with Gasteiger partial charge in [-0.3, -0.25) is 9.59 Å². The van der Waals surface area contributed by atoms with Crippen LogP contribution in [-0.4, -0.2) is 29.9 Å². The van der Waals surface area contributed by atoms with Crippen molar-refractivity contribution >= 4 is 17.8 Å². The molecule has 0 aliphatic rings. The van der Waals surface area contributed by atoms with Gasteiger partial charge >= 0.3 is 0 Å². The van der Waals surface area contributed by atoms with Gasteiger partial charge in [-0.05, 0) is 17.9 Å². The van der Waals surface area contributed by atoms with E-state index in [2.05, 4.69) is 10.6 Å². The highest BCUT2D eigenvalue weighted by molar-refractivity contribution is 5.89. The lowest BCUT2D eigenvalue weighted by molar-refractivity contribution is -0.308. The van der Waals surface area contributed by atoms with Crippen LogP contribution >= 0.6 is 0 Å². The van der Waals surface area contributed by atoms with E-state index in [9.17, 15) is 19.5 Å². The predicted octanol–water partition coefficient (Wildman–Crippen LogP) is 0.0146. The van der Waals surface area contributed by atoms with Crippen molar-refractivity contribution in [3.63, 3.8) is 0 Å². The number of hydrogen-bond donors (Lipinski definition) is 2. The summed E-state index contributed by atoms with van der Waals surface area (Å²) in [6.45, 7) is 5.03. The summed E-state index contributed by atoms with van der Waals surface area (Å²) in [5.74, 6) is -2.12. The maximum Gasteiger partial charge on any atom is 0.243 e. The number of carboxylic acids is 1. The fraction of sp³-hybridized carbons (Fsp3) is 0.471. The third-order valence-electron chi connectivity index (χ3n) is 3.28. The molecule has 0 aliphatic heterocycles. The molecule has 0 heterocycles. The molecular formula is C17H23N2O4-. The molecule has 0 fully saturated rings. The smallest absolute Gasteiger partial charge is 0.243 e. The first-order valence-corrected chi connectivity index (χ1v) is 7.61. The number of benzene rings is 1. The Morgan fingerprint density at radius 2 is 1.65 bits per heavy atom. The average Bonchev–Trinajstić information content (AvgIpc) is 2.45. The molecule has 0 aliphatic carbocycles. The average molecular weight is 319 g/mol. The lowest BCUT2D eigenvalue weighted by Crippen LogP contribution is -2.55. The minimum atomic E-state index is -1.33. The number of nitrogens with one attached hydrogen (secondary N) is 2. The first kappa shape index (κ1) is 18.7. The quantitative estimate of drug-likeness (QED) is 0.705. The number of rotatable bonds is 8. The summed E-state index contributed by atoms with van der Waals surface area (Å²) in [5.41, 5.74) is 0.871. The minimum Gasteiger partial charge on any atom is -0.548 e. The lowest BCUT2D eigenvalue weighted by Gasteiger charge is -2.25. The Labute approximate surface area is 136 Å². The van der Waals surface area contributed by atoms with Crippen molar-refractivity contribution in [3.05, 3.63) is 35.9 Å². The summed E-state index contributed by atoms with van der Waals surface area (Å²) in [5, 5.41) is 16.2. The second kappa shape index (κ2) is 8.92. The SMILES string of the molecule is CC(=O)N[C@H](Cc1ccccc1)C(=O)N[C@H](CC(C)C)C(=O)[O-]. The molecule has 1 rings (SSSR count). The van der Waals surface area contributed by atoms with Crippen molar-refractivity contribution in [2.45, 2.75) is 45.7 Å². The van der Waals surface area contributed by atoms with E-state index in [0.29, 0.717) is 0 Å². The van der Waals surface area contributed by atoms with Crippen LogP contribution in [0.1, 0.15) is 32.8 Å². The molecule has 0 radical (unpaired) electrons. The zero-order valence-electron chi connectivity index (χ0n) is 13.7. The van der Waals surface area contributed by atoms with Crippen LogP contribution in [0.2, 0.25) is 0 Å². The van der Waals surface area contributed by atoms with Gasteiger partial charge in [-0.15, -0.1) is 0 Å². The maximum absolute atomic E-state index is 12.4. The number of amides is 2. The fourth-order valence-electron chi connectivity index (χ4n) is 2.26. The first-order chi connectivity index (χ1) is 10.8. The Morgan fingerprint density at radius 1 is 1.04 bits per heavy atom. The van der Waals surface area contributed by atoms with Gasteiger partial charge in [-0.2, -0.15) is 0 Å². The number of aliphatic carboxylic acids is 1. The zero-order chi connectivity index (χ0) is 17.4. The maximum atomic E-state index is 12.4. The molecule has 0 aromatic heterocycles. The van der Waals surface area contributed by atoms with Crippen LogP contribution in [0.3, 0.4) is 0 Å². The Hall–Kier alpha value is -2.37. The van der Waals surface area contributed by atoms with Crippen molar-refractivity contribution in [1.82, 2.24) is 10.6 Å². The summed E-state index contributed by atoms with van der Waals surface area (Å²) >= 11 is 0. The van der Waals surface area contributed by atoms with Crippen molar-refractivity contribution in [1.29, 1.82) is 0 Å². The van der Waals surface area contributed by atoms with E-state index in [4.69, 9.17) is 0 Å². The molecule has 0 saturated heterocycles. The molecule has 23 heavy (non-hydrogen) atoms. The number of carbonyl (C=O) groups excluding carboxylic acids is 3. The second-order valence-electron chi connectivity index (χ2n) is 5.95. The van der Waals surface area contributed by atoms with Crippen LogP contribution in [-0.2, 0) is 20.8 Å². The van der Waals surface area contributed by atoms with E-state index in [0.717, 1.165) is 5.56 Å². The third-order valence-corrected chi connectivity index (χ3v) is 3.28. The number of carbonyl (C=O) groups is 3. The summed E-state index contributed by atoms with van der Waals surface area (Å²) in [6.07, 6.45) is 0.555. The van der Waals surface area contributed by atoms with Crippen molar-refractivity contribution in [3.8, 4) is 0 Å². The fourth-order valence-corrected chi connectivity index (χ4v) is 2.26. The highest BCUT2D eigenvalue weighted by Gasteiger charge is 2.23. The van der Waals surface area contributed by atoms with Crippen molar-refractivity contribution < 1.29 is 19.5 Å². The van der Waals surface area contributed by atoms with Gasteiger partial charge < -0.3 is 20.5 Å². The van der Waals surface area contributed by atoms with Gasteiger partial charge in [-0.1, -0.05) is 44.2 Å². The van der Waals surface area contributed by atoms with Gasteiger partial charge in [0.2, 0.25) is 11.8 Å². The molecule has 6 heteroatoms. The Balaban J connectivity index is 2.82. The molecular weight excluding hydrogens is 296 g/mol. The van der Waals surface area contributed by atoms with Crippen LogP contribution in [0.15, 0.2) is 30.3 Å². The van der Waals surface area contributed by atoms with E-state index < -0.39 is 24.0 Å². The van der Waals surface area contributed by atoms with E-state index in [1.807, 2.05) is 44.2 Å². The largest absolute Gasteiger partial charge is 0.548 e. The van der Waals surface area contributed by atoms with Crippen LogP contribution in [0.5, 0.6) is 0 Å². The van der Waals surface area contributed by atoms with Gasteiger partial charge in [-0.25, -0.2) is 0 Å². The lowest BCUT2D eigenvalue weighted by atomic mass is 10.0. The van der Waals surface area contributed by atoms with Gasteiger partial charge in [0, 0.05) is 13.3 Å². The molecule has 0 bridgehead atoms. The Bertz CT molecular complexity index is 543.